The predicted molar refractivity (Wildman–Crippen MR) is 55.0 cm³/mol. The van der Waals surface area contributed by atoms with Crippen molar-refractivity contribution in [3.8, 4) is 0 Å². The van der Waals surface area contributed by atoms with E-state index in [0.717, 1.165) is 5.92 Å². The molecule has 0 atom stereocenters. The first-order valence-corrected chi connectivity index (χ1v) is 5.73. The Morgan fingerprint density at radius 2 is 1.17 bits per heavy atom. The van der Waals surface area contributed by atoms with E-state index in [0.29, 0.717) is 0 Å². The first kappa shape index (κ1) is 10.1. The minimum Gasteiger partial charge on any atom is -0.328 e. The molecule has 1 rings (SSSR count). The van der Waals surface area contributed by atoms with E-state index in [1.807, 2.05) is 0 Å². The lowest BCUT2D eigenvalue weighted by atomic mass is 9.91. The van der Waals surface area contributed by atoms with E-state index in [1.165, 1.54) is 57.8 Å². The molecular weight excluding hydrogens is 144 g/mol. The minimum absolute atomic E-state index is 0.933. The highest BCUT2D eigenvalue weighted by atomic mass is 14.1. The second-order valence-corrected chi connectivity index (χ2v) is 4.15. The Hall–Kier alpha value is 0. The van der Waals surface area contributed by atoms with Crippen molar-refractivity contribution in [2.45, 2.75) is 64.7 Å². The van der Waals surface area contributed by atoms with Crippen molar-refractivity contribution >= 4 is 0 Å². The van der Waals surface area contributed by atoms with Crippen molar-refractivity contribution in [2.75, 3.05) is 0 Å². The highest BCUT2D eigenvalue weighted by molar-refractivity contribution is 4.72. The molecule has 0 bridgehead atoms. The van der Waals surface area contributed by atoms with Gasteiger partial charge >= 0.3 is 0 Å². The first-order valence-electron chi connectivity index (χ1n) is 5.73. The zero-order valence-electron chi connectivity index (χ0n) is 8.52. The fourth-order valence-corrected chi connectivity index (χ4v) is 2.17. The Kier molecular flexibility index (Phi) is 5.47. The molecule has 0 aromatic heterocycles. The van der Waals surface area contributed by atoms with E-state index in [1.54, 1.807) is 0 Å². The van der Waals surface area contributed by atoms with E-state index in [4.69, 9.17) is 0 Å². The summed E-state index contributed by atoms with van der Waals surface area (Å²) in [7, 11) is 0. The first-order chi connectivity index (χ1) is 5.93. The van der Waals surface area contributed by atoms with Gasteiger partial charge in [-0.3, -0.25) is 0 Å². The van der Waals surface area contributed by atoms with Crippen LogP contribution in [0, 0.1) is 12.3 Å². The summed E-state index contributed by atoms with van der Waals surface area (Å²) in [6.45, 7) is 2.23. The summed E-state index contributed by atoms with van der Waals surface area (Å²) in [6.07, 6.45) is 15.7. The molecule has 0 saturated heterocycles. The molecule has 1 fully saturated rings. The Morgan fingerprint density at radius 3 is 1.58 bits per heavy atom. The average Bonchev–Trinajstić information content (AvgIpc) is 2.14. The average molecular weight is 167 g/mol. The zero-order valence-corrected chi connectivity index (χ0v) is 8.52. The van der Waals surface area contributed by atoms with Crippen LogP contribution in [0.3, 0.4) is 0 Å². The van der Waals surface area contributed by atoms with Crippen LogP contribution in [0.4, 0.5) is 0 Å². The SMILES string of the molecule is C[CH-]C1CCCCCCCCC1. The third-order valence-corrected chi connectivity index (χ3v) is 3.12. The van der Waals surface area contributed by atoms with Crippen LogP contribution in [0.2, 0.25) is 0 Å². The summed E-state index contributed by atoms with van der Waals surface area (Å²) in [4.78, 5) is 0. The van der Waals surface area contributed by atoms with Gasteiger partial charge < -0.3 is 6.42 Å². The number of rotatable bonds is 1. The highest BCUT2D eigenvalue weighted by Crippen LogP contribution is 2.22. The van der Waals surface area contributed by atoms with Crippen LogP contribution in [0.1, 0.15) is 64.7 Å². The summed E-state index contributed by atoms with van der Waals surface area (Å²) < 4.78 is 0. The molecule has 0 aromatic carbocycles. The maximum Gasteiger partial charge on any atom is -0.0533 e. The monoisotopic (exact) mass is 167 g/mol. The Balaban J connectivity index is 2.17. The fraction of sp³-hybridized carbons (Fsp3) is 0.917. The molecular formula is C12H23-. The molecule has 1 aliphatic rings. The van der Waals surface area contributed by atoms with Crippen LogP contribution < -0.4 is 0 Å². The van der Waals surface area contributed by atoms with E-state index in [2.05, 4.69) is 13.3 Å². The molecule has 1 saturated carbocycles. The maximum absolute atomic E-state index is 2.42. The lowest BCUT2D eigenvalue weighted by molar-refractivity contribution is 0.426. The van der Waals surface area contributed by atoms with Gasteiger partial charge in [0, 0.05) is 0 Å². The molecule has 0 amide bonds. The van der Waals surface area contributed by atoms with Gasteiger partial charge in [0.2, 0.25) is 0 Å². The van der Waals surface area contributed by atoms with E-state index < -0.39 is 0 Å². The Morgan fingerprint density at radius 1 is 0.750 bits per heavy atom. The fourth-order valence-electron chi connectivity index (χ4n) is 2.17. The standard InChI is InChI=1S/C12H23/c1-2-12-10-8-6-4-3-5-7-9-11-12/h2,12H,3-11H2,1H3/q-1. The molecule has 0 spiro atoms. The van der Waals surface area contributed by atoms with Crippen LogP contribution in [0.5, 0.6) is 0 Å². The van der Waals surface area contributed by atoms with Gasteiger partial charge in [-0.2, -0.15) is 12.8 Å². The van der Waals surface area contributed by atoms with E-state index in [9.17, 15) is 0 Å². The largest absolute Gasteiger partial charge is 0.328 e. The van der Waals surface area contributed by atoms with Crippen molar-refractivity contribution < 1.29 is 0 Å². The second kappa shape index (κ2) is 6.51. The third-order valence-electron chi connectivity index (χ3n) is 3.12. The summed E-state index contributed by atoms with van der Waals surface area (Å²) in [5.74, 6) is 0.933. The summed E-state index contributed by atoms with van der Waals surface area (Å²) in [5.41, 5.74) is 0. The van der Waals surface area contributed by atoms with Crippen LogP contribution in [-0.2, 0) is 0 Å². The van der Waals surface area contributed by atoms with Gasteiger partial charge in [-0.25, -0.2) is 0 Å². The van der Waals surface area contributed by atoms with Gasteiger partial charge in [-0.05, 0) is 0 Å². The number of hydrogen-bond acceptors (Lipinski definition) is 0. The van der Waals surface area contributed by atoms with Crippen molar-refractivity contribution in [3.63, 3.8) is 0 Å². The second-order valence-electron chi connectivity index (χ2n) is 4.15. The van der Waals surface area contributed by atoms with Gasteiger partial charge in [0.1, 0.15) is 0 Å². The van der Waals surface area contributed by atoms with Crippen molar-refractivity contribution in [1.29, 1.82) is 0 Å². The third kappa shape index (κ3) is 4.13. The molecule has 0 N–H and O–H groups in total. The van der Waals surface area contributed by atoms with Crippen LogP contribution in [-0.4, -0.2) is 0 Å². The van der Waals surface area contributed by atoms with Crippen molar-refractivity contribution in [1.82, 2.24) is 0 Å². The summed E-state index contributed by atoms with van der Waals surface area (Å²) >= 11 is 0. The maximum atomic E-state index is 2.42. The van der Waals surface area contributed by atoms with Gasteiger partial charge in [0.05, 0.1) is 0 Å². The molecule has 0 aliphatic heterocycles. The lowest BCUT2D eigenvalue weighted by Gasteiger charge is -2.23. The molecule has 0 unspecified atom stereocenters. The molecule has 0 aromatic rings. The summed E-state index contributed by atoms with van der Waals surface area (Å²) in [5, 5.41) is 0. The zero-order chi connectivity index (χ0) is 8.65. The molecule has 0 heterocycles. The van der Waals surface area contributed by atoms with Crippen LogP contribution in [0.25, 0.3) is 0 Å². The highest BCUT2D eigenvalue weighted by Gasteiger charge is 2.01. The normalized spacial score (nSPS) is 23.8. The van der Waals surface area contributed by atoms with Gasteiger partial charge in [0.15, 0.2) is 0 Å². The Labute approximate surface area is 77.7 Å². The smallest absolute Gasteiger partial charge is 0.0533 e. The van der Waals surface area contributed by atoms with Crippen molar-refractivity contribution in [3.05, 3.63) is 6.42 Å². The number of hydrogen-bond donors (Lipinski definition) is 0. The van der Waals surface area contributed by atoms with Crippen LogP contribution >= 0.6 is 0 Å². The van der Waals surface area contributed by atoms with Gasteiger partial charge in [-0.15, -0.1) is 0 Å². The summed E-state index contributed by atoms with van der Waals surface area (Å²) in [6, 6.07) is 0. The van der Waals surface area contributed by atoms with Gasteiger partial charge in [-0.1, -0.05) is 57.8 Å². The Bertz CT molecular complexity index is 86.2. The molecule has 72 valence electrons. The minimum atomic E-state index is 0.933. The van der Waals surface area contributed by atoms with Gasteiger partial charge in [0.25, 0.3) is 0 Å². The molecule has 1 aliphatic carbocycles. The van der Waals surface area contributed by atoms with E-state index >= 15 is 0 Å². The topological polar surface area (TPSA) is 0 Å². The molecule has 0 radical (unpaired) electrons. The molecule has 0 nitrogen and oxygen atoms in total. The molecule has 0 heteroatoms. The lowest BCUT2D eigenvalue weighted by Crippen LogP contribution is -2.01. The van der Waals surface area contributed by atoms with Crippen molar-refractivity contribution in [2.24, 2.45) is 5.92 Å². The van der Waals surface area contributed by atoms with E-state index in [-0.39, 0.29) is 0 Å². The van der Waals surface area contributed by atoms with Crippen LogP contribution in [0.15, 0.2) is 0 Å². The predicted octanol–water partition coefficient (Wildman–Crippen LogP) is 4.35. The quantitative estimate of drug-likeness (QED) is 0.509. The molecule has 12 heavy (non-hydrogen) atoms.